The predicted molar refractivity (Wildman–Crippen MR) is 113 cm³/mol. The highest BCUT2D eigenvalue weighted by molar-refractivity contribution is 14.1. The molecule has 0 spiro atoms. The Morgan fingerprint density at radius 2 is 1.68 bits per heavy atom. The highest BCUT2D eigenvalue weighted by Crippen LogP contribution is 2.37. The fourth-order valence-corrected chi connectivity index (χ4v) is 2.99. The summed E-state index contributed by atoms with van der Waals surface area (Å²) < 4.78 is 41.5. The molecule has 3 aromatic rings. The molecule has 0 bridgehead atoms. The van der Waals surface area contributed by atoms with Gasteiger partial charge >= 0.3 is 6.18 Å². The number of benzene rings is 2. The van der Waals surface area contributed by atoms with Gasteiger partial charge in [-0.25, -0.2) is 4.98 Å². The van der Waals surface area contributed by atoms with E-state index in [2.05, 4.69) is 37.9 Å². The maximum absolute atomic E-state index is 13.5. The molecule has 146 valence electrons. The zero-order valence-electron chi connectivity index (χ0n) is 15.3. The zero-order chi connectivity index (χ0) is 20.3. The second kappa shape index (κ2) is 8.34. The number of hydrogen-bond donors (Lipinski definition) is 1. The lowest BCUT2D eigenvalue weighted by molar-refractivity contribution is -0.137. The molecular formula is C20H18F3IN4. The van der Waals surface area contributed by atoms with Gasteiger partial charge in [0.2, 0.25) is 5.95 Å². The predicted octanol–water partition coefficient (Wildman–Crippen LogP) is 6.17. The van der Waals surface area contributed by atoms with Crippen LogP contribution in [0.5, 0.6) is 0 Å². The first-order valence-electron chi connectivity index (χ1n) is 8.57. The molecule has 1 N–H and O–H groups in total. The average molecular weight is 498 g/mol. The summed E-state index contributed by atoms with van der Waals surface area (Å²) in [5.74, 6) is -0.110. The number of rotatable bonds is 5. The van der Waals surface area contributed by atoms with Gasteiger partial charge in [-0.3, -0.25) is 0 Å². The van der Waals surface area contributed by atoms with E-state index in [1.54, 1.807) is 19.2 Å². The zero-order valence-corrected chi connectivity index (χ0v) is 17.4. The van der Waals surface area contributed by atoms with Crippen LogP contribution in [-0.2, 0) is 12.6 Å². The molecule has 0 radical (unpaired) electrons. The Labute approximate surface area is 175 Å². The minimum Gasteiger partial charge on any atom is -0.329 e. The lowest BCUT2D eigenvalue weighted by Crippen LogP contribution is -2.19. The van der Waals surface area contributed by atoms with Crippen LogP contribution in [0.3, 0.4) is 0 Å². The van der Waals surface area contributed by atoms with Gasteiger partial charge in [-0.2, -0.15) is 18.2 Å². The molecule has 0 unspecified atom stereocenters. The van der Waals surface area contributed by atoms with Crippen molar-refractivity contribution in [3.8, 4) is 0 Å². The molecule has 0 amide bonds. The number of nitrogens with one attached hydrogen (secondary N) is 1. The molecule has 0 fully saturated rings. The number of anilines is 4. The van der Waals surface area contributed by atoms with Gasteiger partial charge in [0.25, 0.3) is 0 Å². The lowest BCUT2D eigenvalue weighted by Gasteiger charge is -2.23. The smallest absolute Gasteiger partial charge is 0.329 e. The molecule has 28 heavy (non-hydrogen) atoms. The minimum atomic E-state index is -4.56. The van der Waals surface area contributed by atoms with E-state index in [1.165, 1.54) is 4.90 Å². The van der Waals surface area contributed by atoms with E-state index in [0.29, 0.717) is 11.4 Å². The standard InChI is InChI=1S/C20H18F3IN4/c1-3-13-4-8-15(9-5-13)26-19-25-12-17(20(21,22)23)18(27-19)28(2)16-10-6-14(24)7-11-16/h4-12H,3H2,1-2H3,(H,25,26,27). The molecule has 8 heteroatoms. The Morgan fingerprint density at radius 3 is 2.25 bits per heavy atom. The number of hydrogen-bond acceptors (Lipinski definition) is 4. The van der Waals surface area contributed by atoms with Gasteiger partial charge in [0.15, 0.2) is 5.82 Å². The Bertz CT molecular complexity index is 941. The van der Waals surface area contributed by atoms with Crippen LogP contribution >= 0.6 is 22.6 Å². The highest BCUT2D eigenvalue weighted by atomic mass is 127. The Balaban J connectivity index is 1.97. The van der Waals surface area contributed by atoms with Crippen molar-refractivity contribution in [1.82, 2.24) is 9.97 Å². The van der Waals surface area contributed by atoms with Crippen molar-refractivity contribution in [3.05, 3.63) is 69.4 Å². The molecule has 0 aliphatic rings. The topological polar surface area (TPSA) is 41.1 Å². The summed E-state index contributed by atoms with van der Waals surface area (Å²) in [6.45, 7) is 2.05. The van der Waals surface area contributed by atoms with E-state index in [1.807, 2.05) is 43.3 Å². The van der Waals surface area contributed by atoms with Crippen LogP contribution in [0.2, 0.25) is 0 Å². The van der Waals surface area contributed by atoms with Crippen molar-refractivity contribution in [2.24, 2.45) is 0 Å². The number of nitrogens with zero attached hydrogens (tertiary/aromatic N) is 3. The third-order valence-electron chi connectivity index (χ3n) is 4.22. The average Bonchev–Trinajstić information content (AvgIpc) is 2.68. The second-order valence-electron chi connectivity index (χ2n) is 6.14. The van der Waals surface area contributed by atoms with Crippen molar-refractivity contribution >= 4 is 45.7 Å². The minimum absolute atomic E-state index is 0.101. The maximum atomic E-state index is 13.5. The van der Waals surface area contributed by atoms with Crippen LogP contribution in [-0.4, -0.2) is 17.0 Å². The number of halogens is 4. The van der Waals surface area contributed by atoms with E-state index in [4.69, 9.17) is 0 Å². The van der Waals surface area contributed by atoms with Crippen molar-refractivity contribution < 1.29 is 13.2 Å². The molecule has 0 atom stereocenters. The SMILES string of the molecule is CCc1ccc(Nc2ncc(C(F)(F)F)c(N(C)c3ccc(I)cc3)n2)cc1. The van der Waals surface area contributed by atoms with Crippen LogP contribution in [0.15, 0.2) is 54.7 Å². The fraction of sp³-hybridized carbons (Fsp3) is 0.200. The molecule has 1 heterocycles. The summed E-state index contributed by atoms with van der Waals surface area (Å²) in [5.41, 5.74) is 1.58. The molecule has 4 nitrogen and oxygen atoms in total. The summed E-state index contributed by atoms with van der Waals surface area (Å²) in [6, 6.07) is 14.8. The molecule has 0 aliphatic carbocycles. The molecule has 0 saturated heterocycles. The molecule has 2 aromatic carbocycles. The van der Waals surface area contributed by atoms with Gasteiger partial charge in [-0.1, -0.05) is 19.1 Å². The van der Waals surface area contributed by atoms with E-state index in [9.17, 15) is 13.2 Å². The normalized spacial score (nSPS) is 11.4. The van der Waals surface area contributed by atoms with E-state index >= 15 is 0 Å². The summed E-state index contributed by atoms with van der Waals surface area (Å²) in [4.78, 5) is 9.43. The Morgan fingerprint density at radius 1 is 1.04 bits per heavy atom. The monoisotopic (exact) mass is 498 g/mol. The fourth-order valence-electron chi connectivity index (χ4n) is 2.63. The number of alkyl halides is 3. The first kappa shape index (κ1) is 20.4. The summed E-state index contributed by atoms with van der Waals surface area (Å²) in [7, 11) is 1.56. The second-order valence-corrected chi connectivity index (χ2v) is 7.39. The van der Waals surface area contributed by atoms with E-state index in [0.717, 1.165) is 21.8 Å². The van der Waals surface area contributed by atoms with Gasteiger partial charge in [0.05, 0.1) is 0 Å². The van der Waals surface area contributed by atoms with Crippen LogP contribution in [0.25, 0.3) is 0 Å². The largest absolute Gasteiger partial charge is 0.421 e. The molecule has 3 rings (SSSR count). The van der Waals surface area contributed by atoms with Crippen LogP contribution < -0.4 is 10.2 Å². The summed E-state index contributed by atoms with van der Waals surface area (Å²) in [6.07, 6.45) is -2.84. The molecule has 1 aromatic heterocycles. The third kappa shape index (κ3) is 4.73. The molecule has 0 saturated carbocycles. The quantitative estimate of drug-likeness (QED) is 0.427. The van der Waals surface area contributed by atoms with Crippen molar-refractivity contribution in [3.63, 3.8) is 0 Å². The van der Waals surface area contributed by atoms with Crippen LogP contribution in [0.1, 0.15) is 18.1 Å². The van der Waals surface area contributed by atoms with Crippen LogP contribution in [0.4, 0.5) is 36.3 Å². The Kier molecular flexibility index (Phi) is 6.07. The Hall–Kier alpha value is -2.36. The summed E-state index contributed by atoms with van der Waals surface area (Å²) >= 11 is 2.14. The first-order valence-corrected chi connectivity index (χ1v) is 9.65. The van der Waals surface area contributed by atoms with Gasteiger partial charge in [-0.15, -0.1) is 0 Å². The van der Waals surface area contributed by atoms with Gasteiger partial charge in [-0.05, 0) is 71.0 Å². The first-order chi connectivity index (χ1) is 13.3. The van der Waals surface area contributed by atoms with E-state index < -0.39 is 11.7 Å². The summed E-state index contributed by atoms with van der Waals surface area (Å²) in [5, 5.41) is 2.97. The number of aryl methyl sites for hydroxylation is 1. The third-order valence-corrected chi connectivity index (χ3v) is 4.94. The number of aromatic nitrogens is 2. The van der Waals surface area contributed by atoms with E-state index in [-0.39, 0.29) is 11.8 Å². The maximum Gasteiger partial charge on any atom is 0.421 e. The highest BCUT2D eigenvalue weighted by Gasteiger charge is 2.36. The lowest BCUT2D eigenvalue weighted by atomic mass is 10.1. The van der Waals surface area contributed by atoms with Crippen LogP contribution in [0, 0.1) is 3.57 Å². The van der Waals surface area contributed by atoms with Crippen molar-refractivity contribution in [2.45, 2.75) is 19.5 Å². The van der Waals surface area contributed by atoms with Gasteiger partial charge < -0.3 is 10.2 Å². The molecular weight excluding hydrogens is 480 g/mol. The van der Waals surface area contributed by atoms with Gasteiger partial charge in [0.1, 0.15) is 5.56 Å². The van der Waals surface area contributed by atoms with Gasteiger partial charge in [0, 0.05) is 28.2 Å². The van der Waals surface area contributed by atoms with Crippen molar-refractivity contribution in [2.75, 3.05) is 17.3 Å². The van der Waals surface area contributed by atoms with Crippen molar-refractivity contribution in [1.29, 1.82) is 0 Å². The molecule has 0 aliphatic heterocycles.